The topological polar surface area (TPSA) is 21.3 Å². The SMILES string of the molecule is CCSCCNc1ccc(Cl)c(OC)c1. The second-order valence-corrected chi connectivity index (χ2v) is 4.77. The first-order chi connectivity index (χ1) is 7.27. The Hall–Kier alpha value is -0.540. The predicted molar refractivity (Wildman–Crippen MR) is 69.5 cm³/mol. The van der Waals surface area contributed by atoms with E-state index in [1.165, 1.54) is 0 Å². The van der Waals surface area contributed by atoms with E-state index in [0.717, 1.165) is 23.7 Å². The molecular formula is C11H16ClNOS. The van der Waals surface area contributed by atoms with E-state index < -0.39 is 0 Å². The summed E-state index contributed by atoms with van der Waals surface area (Å²) in [5.41, 5.74) is 1.05. The number of methoxy groups -OCH3 is 1. The van der Waals surface area contributed by atoms with E-state index in [4.69, 9.17) is 16.3 Å². The van der Waals surface area contributed by atoms with Crippen molar-refractivity contribution < 1.29 is 4.74 Å². The van der Waals surface area contributed by atoms with Crippen molar-refractivity contribution in [2.45, 2.75) is 6.92 Å². The van der Waals surface area contributed by atoms with Crippen LogP contribution in [0.4, 0.5) is 5.69 Å². The highest BCUT2D eigenvalue weighted by atomic mass is 35.5. The van der Waals surface area contributed by atoms with Crippen LogP contribution in [0, 0.1) is 0 Å². The maximum absolute atomic E-state index is 5.92. The molecule has 0 aliphatic heterocycles. The van der Waals surface area contributed by atoms with Crippen LogP contribution in [0.3, 0.4) is 0 Å². The summed E-state index contributed by atoms with van der Waals surface area (Å²) < 4.78 is 5.14. The van der Waals surface area contributed by atoms with E-state index in [0.29, 0.717) is 10.8 Å². The van der Waals surface area contributed by atoms with Gasteiger partial charge in [-0.1, -0.05) is 18.5 Å². The molecular weight excluding hydrogens is 230 g/mol. The fourth-order valence-electron chi connectivity index (χ4n) is 1.18. The molecule has 0 aliphatic rings. The van der Waals surface area contributed by atoms with Crippen molar-refractivity contribution in [3.8, 4) is 5.75 Å². The molecule has 0 spiro atoms. The smallest absolute Gasteiger partial charge is 0.139 e. The van der Waals surface area contributed by atoms with E-state index in [-0.39, 0.29) is 0 Å². The lowest BCUT2D eigenvalue weighted by molar-refractivity contribution is 0.415. The molecule has 0 fully saturated rings. The Morgan fingerprint density at radius 3 is 2.93 bits per heavy atom. The third kappa shape index (κ3) is 4.22. The molecule has 2 nitrogen and oxygen atoms in total. The largest absolute Gasteiger partial charge is 0.495 e. The number of benzene rings is 1. The minimum absolute atomic E-state index is 0.644. The van der Waals surface area contributed by atoms with Crippen molar-refractivity contribution in [2.75, 3.05) is 30.5 Å². The summed E-state index contributed by atoms with van der Waals surface area (Å²) in [5.74, 6) is 2.98. The Balaban J connectivity index is 2.47. The molecule has 15 heavy (non-hydrogen) atoms. The Morgan fingerprint density at radius 2 is 2.27 bits per heavy atom. The molecule has 0 bridgehead atoms. The van der Waals surface area contributed by atoms with Gasteiger partial charge in [-0.25, -0.2) is 0 Å². The Kier molecular flexibility index (Phi) is 5.73. The van der Waals surface area contributed by atoms with Crippen LogP contribution in [-0.2, 0) is 0 Å². The molecule has 1 aromatic carbocycles. The highest BCUT2D eigenvalue weighted by Gasteiger charge is 2.00. The van der Waals surface area contributed by atoms with E-state index in [1.54, 1.807) is 7.11 Å². The Bertz CT molecular complexity index is 307. The Morgan fingerprint density at radius 1 is 1.47 bits per heavy atom. The molecule has 0 aliphatic carbocycles. The van der Waals surface area contributed by atoms with Gasteiger partial charge in [0.25, 0.3) is 0 Å². The zero-order chi connectivity index (χ0) is 11.1. The van der Waals surface area contributed by atoms with Crippen molar-refractivity contribution >= 4 is 29.1 Å². The van der Waals surface area contributed by atoms with Crippen LogP contribution in [0.1, 0.15) is 6.92 Å². The van der Waals surface area contributed by atoms with Gasteiger partial charge in [-0.05, 0) is 17.9 Å². The van der Waals surface area contributed by atoms with E-state index in [9.17, 15) is 0 Å². The summed E-state index contributed by atoms with van der Waals surface area (Å²) in [7, 11) is 1.62. The number of rotatable bonds is 6. The fraction of sp³-hybridized carbons (Fsp3) is 0.455. The molecule has 0 atom stereocenters. The first kappa shape index (κ1) is 12.5. The number of nitrogens with one attached hydrogen (secondary N) is 1. The first-order valence-corrected chi connectivity index (χ1v) is 6.46. The van der Waals surface area contributed by atoms with Gasteiger partial charge in [0.2, 0.25) is 0 Å². The van der Waals surface area contributed by atoms with E-state index in [1.807, 2.05) is 30.0 Å². The number of halogens is 1. The molecule has 0 radical (unpaired) electrons. The number of ether oxygens (including phenoxy) is 1. The van der Waals surface area contributed by atoms with Crippen molar-refractivity contribution in [3.05, 3.63) is 23.2 Å². The fourth-order valence-corrected chi connectivity index (χ4v) is 1.91. The van der Waals surface area contributed by atoms with Crippen molar-refractivity contribution in [2.24, 2.45) is 0 Å². The van der Waals surface area contributed by atoms with Crippen molar-refractivity contribution in [3.63, 3.8) is 0 Å². The normalized spacial score (nSPS) is 10.1. The standard InChI is InChI=1S/C11H16ClNOS/c1-3-15-7-6-13-9-4-5-10(12)11(8-9)14-2/h4-5,8,13H,3,6-7H2,1-2H3. The monoisotopic (exact) mass is 245 g/mol. The molecule has 0 amide bonds. The number of hydrogen-bond acceptors (Lipinski definition) is 3. The molecule has 1 N–H and O–H groups in total. The van der Waals surface area contributed by atoms with Crippen LogP contribution in [0.15, 0.2) is 18.2 Å². The zero-order valence-corrected chi connectivity index (χ0v) is 10.6. The van der Waals surface area contributed by atoms with Crippen LogP contribution in [-0.4, -0.2) is 25.2 Å². The van der Waals surface area contributed by atoms with Gasteiger partial charge in [0.05, 0.1) is 12.1 Å². The van der Waals surface area contributed by atoms with Crippen LogP contribution >= 0.6 is 23.4 Å². The first-order valence-electron chi connectivity index (χ1n) is 4.93. The maximum atomic E-state index is 5.92. The lowest BCUT2D eigenvalue weighted by atomic mass is 10.3. The molecule has 0 aromatic heterocycles. The van der Waals surface area contributed by atoms with Gasteiger partial charge in [-0.2, -0.15) is 11.8 Å². The Labute approximate surface area is 100 Å². The molecule has 4 heteroatoms. The molecule has 0 saturated heterocycles. The van der Waals surface area contributed by atoms with E-state index >= 15 is 0 Å². The molecule has 0 saturated carbocycles. The maximum Gasteiger partial charge on any atom is 0.139 e. The number of hydrogen-bond donors (Lipinski definition) is 1. The lowest BCUT2D eigenvalue weighted by Crippen LogP contribution is -2.04. The van der Waals surface area contributed by atoms with Crippen molar-refractivity contribution in [1.29, 1.82) is 0 Å². The molecule has 1 aromatic rings. The number of thioether (sulfide) groups is 1. The third-order valence-corrected chi connectivity index (χ3v) is 3.14. The molecule has 0 unspecified atom stereocenters. The van der Waals surface area contributed by atoms with Crippen LogP contribution in [0.25, 0.3) is 0 Å². The van der Waals surface area contributed by atoms with Gasteiger partial charge in [-0.15, -0.1) is 0 Å². The van der Waals surface area contributed by atoms with Gasteiger partial charge >= 0.3 is 0 Å². The lowest BCUT2D eigenvalue weighted by Gasteiger charge is -2.08. The average molecular weight is 246 g/mol. The second-order valence-electron chi connectivity index (χ2n) is 2.97. The third-order valence-electron chi connectivity index (χ3n) is 1.93. The van der Waals surface area contributed by atoms with Crippen LogP contribution in [0.2, 0.25) is 5.02 Å². The summed E-state index contributed by atoms with van der Waals surface area (Å²) >= 11 is 7.84. The summed E-state index contributed by atoms with van der Waals surface area (Å²) in [6, 6.07) is 5.72. The van der Waals surface area contributed by atoms with Gasteiger partial charge in [0.15, 0.2) is 0 Å². The summed E-state index contributed by atoms with van der Waals surface area (Å²) in [6.07, 6.45) is 0. The quantitative estimate of drug-likeness (QED) is 0.775. The summed E-state index contributed by atoms with van der Waals surface area (Å²) in [6.45, 7) is 3.12. The van der Waals surface area contributed by atoms with Crippen LogP contribution < -0.4 is 10.1 Å². The van der Waals surface area contributed by atoms with Gasteiger partial charge in [0, 0.05) is 24.1 Å². The summed E-state index contributed by atoms with van der Waals surface area (Å²) in [5, 5.41) is 3.97. The average Bonchev–Trinajstić information content (AvgIpc) is 2.26. The van der Waals surface area contributed by atoms with E-state index in [2.05, 4.69) is 12.2 Å². The highest BCUT2D eigenvalue weighted by molar-refractivity contribution is 7.99. The molecule has 1 rings (SSSR count). The predicted octanol–water partition coefficient (Wildman–Crippen LogP) is 3.51. The molecule has 84 valence electrons. The zero-order valence-electron chi connectivity index (χ0n) is 9.05. The minimum Gasteiger partial charge on any atom is -0.495 e. The van der Waals surface area contributed by atoms with Crippen LogP contribution in [0.5, 0.6) is 5.75 Å². The summed E-state index contributed by atoms with van der Waals surface area (Å²) in [4.78, 5) is 0. The van der Waals surface area contributed by atoms with Gasteiger partial charge in [0.1, 0.15) is 5.75 Å². The van der Waals surface area contributed by atoms with Gasteiger partial charge < -0.3 is 10.1 Å². The van der Waals surface area contributed by atoms with Crippen molar-refractivity contribution in [1.82, 2.24) is 0 Å². The molecule has 0 heterocycles. The highest BCUT2D eigenvalue weighted by Crippen LogP contribution is 2.27. The second kappa shape index (κ2) is 6.85. The minimum atomic E-state index is 0.644. The number of anilines is 1. The van der Waals surface area contributed by atoms with Gasteiger partial charge in [-0.3, -0.25) is 0 Å².